The van der Waals surface area contributed by atoms with E-state index >= 15 is 0 Å². The summed E-state index contributed by atoms with van der Waals surface area (Å²) in [7, 11) is 0. The van der Waals surface area contributed by atoms with Gasteiger partial charge in [-0.2, -0.15) is 10.2 Å². The molecule has 1 heterocycles. The highest BCUT2D eigenvalue weighted by molar-refractivity contribution is 6.43. The standard InChI is InChI=1S/C10H7Cl2N3/c11-8-3-1-2-6(10(8)12)7-4-14-15-5-9(7)13/h1-5H,(H2,13,14). The van der Waals surface area contributed by atoms with E-state index in [1.54, 1.807) is 12.3 Å². The number of rotatable bonds is 1. The van der Waals surface area contributed by atoms with Crippen LogP contribution in [0.5, 0.6) is 0 Å². The quantitative estimate of drug-likeness (QED) is 0.833. The highest BCUT2D eigenvalue weighted by Crippen LogP contribution is 2.35. The van der Waals surface area contributed by atoms with Crippen LogP contribution in [0.2, 0.25) is 10.0 Å². The van der Waals surface area contributed by atoms with Crippen LogP contribution in [0.4, 0.5) is 5.69 Å². The molecule has 2 rings (SSSR count). The zero-order chi connectivity index (χ0) is 10.8. The number of anilines is 1. The molecule has 0 saturated heterocycles. The Bertz CT molecular complexity index is 500. The lowest BCUT2D eigenvalue weighted by molar-refractivity contribution is 1.04. The van der Waals surface area contributed by atoms with Gasteiger partial charge in [-0.25, -0.2) is 0 Å². The van der Waals surface area contributed by atoms with Crippen molar-refractivity contribution < 1.29 is 0 Å². The van der Waals surface area contributed by atoms with Gasteiger partial charge in [0.25, 0.3) is 0 Å². The molecule has 1 aromatic carbocycles. The molecular weight excluding hydrogens is 233 g/mol. The molecule has 76 valence electrons. The molecule has 0 amide bonds. The van der Waals surface area contributed by atoms with E-state index in [1.165, 1.54) is 6.20 Å². The molecule has 0 aliphatic rings. The summed E-state index contributed by atoms with van der Waals surface area (Å²) < 4.78 is 0. The molecule has 1 aromatic heterocycles. The number of halogens is 2. The van der Waals surface area contributed by atoms with Gasteiger partial charge in [-0.3, -0.25) is 0 Å². The Hall–Kier alpha value is -1.32. The maximum absolute atomic E-state index is 6.06. The highest BCUT2D eigenvalue weighted by atomic mass is 35.5. The Labute approximate surface area is 96.8 Å². The molecule has 0 atom stereocenters. The summed E-state index contributed by atoms with van der Waals surface area (Å²) in [6, 6.07) is 5.36. The lowest BCUT2D eigenvalue weighted by Gasteiger charge is -2.07. The summed E-state index contributed by atoms with van der Waals surface area (Å²) in [5.41, 5.74) is 7.78. The van der Waals surface area contributed by atoms with Crippen molar-refractivity contribution in [1.29, 1.82) is 0 Å². The van der Waals surface area contributed by atoms with Crippen LogP contribution in [-0.2, 0) is 0 Å². The second-order valence-electron chi connectivity index (χ2n) is 2.96. The van der Waals surface area contributed by atoms with Crippen LogP contribution in [0.15, 0.2) is 30.6 Å². The molecule has 0 aliphatic heterocycles. The van der Waals surface area contributed by atoms with Crippen LogP contribution in [-0.4, -0.2) is 10.2 Å². The summed E-state index contributed by atoms with van der Waals surface area (Å²) in [6.07, 6.45) is 3.04. The van der Waals surface area contributed by atoms with Crippen molar-refractivity contribution in [2.45, 2.75) is 0 Å². The van der Waals surface area contributed by atoms with E-state index in [9.17, 15) is 0 Å². The summed E-state index contributed by atoms with van der Waals surface area (Å²) >= 11 is 12.0. The summed E-state index contributed by atoms with van der Waals surface area (Å²) in [5.74, 6) is 0. The van der Waals surface area contributed by atoms with E-state index in [2.05, 4.69) is 10.2 Å². The first-order chi connectivity index (χ1) is 7.20. The van der Waals surface area contributed by atoms with E-state index in [0.29, 0.717) is 15.7 Å². The first-order valence-electron chi connectivity index (χ1n) is 4.20. The van der Waals surface area contributed by atoms with Crippen molar-refractivity contribution in [3.8, 4) is 11.1 Å². The summed E-state index contributed by atoms with van der Waals surface area (Å²) in [4.78, 5) is 0. The van der Waals surface area contributed by atoms with Crippen LogP contribution >= 0.6 is 23.2 Å². The molecule has 0 unspecified atom stereocenters. The topological polar surface area (TPSA) is 51.8 Å². The van der Waals surface area contributed by atoms with Crippen LogP contribution in [0.25, 0.3) is 11.1 Å². The first-order valence-corrected chi connectivity index (χ1v) is 4.96. The molecule has 0 saturated carbocycles. The molecule has 0 bridgehead atoms. The fourth-order valence-corrected chi connectivity index (χ4v) is 1.67. The number of nitrogen functional groups attached to an aromatic ring is 1. The summed E-state index contributed by atoms with van der Waals surface area (Å²) in [5, 5.41) is 8.39. The third kappa shape index (κ3) is 1.89. The van der Waals surface area contributed by atoms with Crippen LogP contribution in [0, 0.1) is 0 Å². The van der Waals surface area contributed by atoms with Crippen LogP contribution in [0.1, 0.15) is 0 Å². The van der Waals surface area contributed by atoms with Gasteiger partial charge in [0.2, 0.25) is 0 Å². The highest BCUT2D eigenvalue weighted by Gasteiger charge is 2.09. The zero-order valence-electron chi connectivity index (χ0n) is 7.61. The molecule has 0 spiro atoms. The van der Waals surface area contributed by atoms with Crippen molar-refractivity contribution in [2.75, 3.05) is 5.73 Å². The van der Waals surface area contributed by atoms with Crippen molar-refractivity contribution in [1.82, 2.24) is 10.2 Å². The smallest absolute Gasteiger partial charge is 0.0732 e. The fraction of sp³-hybridized carbons (Fsp3) is 0. The average Bonchev–Trinajstić information content (AvgIpc) is 2.23. The van der Waals surface area contributed by atoms with E-state index in [1.807, 2.05) is 12.1 Å². The van der Waals surface area contributed by atoms with Crippen molar-refractivity contribution >= 4 is 28.9 Å². The Morgan fingerprint density at radius 1 is 1.00 bits per heavy atom. The Kier molecular flexibility index (Phi) is 2.75. The zero-order valence-corrected chi connectivity index (χ0v) is 9.13. The van der Waals surface area contributed by atoms with Crippen molar-refractivity contribution in [3.63, 3.8) is 0 Å². The molecule has 0 aliphatic carbocycles. The molecule has 0 fully saturated rings. The predicted molar refractivity (Wildman–Crippen MR) is 61.9 cm³/mol. The second-order valence-corrected chi connectivity index (χ2v) is 3.74. The molecule has 2 aromatic rings. The second kappa shape index (κ2) is 4.04. The van der Waals surface area contributed by atoms with E-state index in [4.69, 9.17) is 28.9 Å². The van der Waals surface area contributed by atoms with Gasteiger partial charge in [0.1, 0.15) is 0 Å². The number of benzene rings is 1. The third-order valence-electron chi connectivity index (χ3n) is 2.00. The van der Waals surface area contributed by atoms with E-state index in [-0.39, 0.29) is 0 Å². The predicted octanol–water partition coefficient (Wildman–Crippen LogP) is 3.03. The summed E-state index contributed by atoms with van der Waals surface area (Å²) in [6.45, 7) is 0. The lowest BCUT2D eigenvalue weighted by atomic mass is 10.1. The minimum atomic E-state index is 0.471. The number of aromatic nitrogens is 2. The fourth-order valence-electron chi connectivity index (χ4n) is 1.27. The Balaban J connectivity index is 2.65. The third-order valence-corrected chi connectivity index (χ3v) is 2.82. The normalized spacial score (nSPS) is 10.3. The molecule has 5 heteroatoms. The minimum absolute atomic E-state index is 0.471. The van der Waals surface area contributed by atoms with Crippen molar-refractivity contribution in [3.05, 3.63) is 40.6 Å². The van der Waals surface area contributed by atoms with Crippen LogP contribution in [0.3, 0.4) is 0 Å². The average molecular weight is 240 g/mol. The van der Waals surface area contributed by atoms with Gasteiger partial charge >= 0.3 is 0 Å². The SMILES string of the molecule is Nc1cnncc1-c1cccc(Cl)c1Cl. The van der Waals surface area contributed by atoms with Gasteiger partial charge in [0.05, 0.1) is 28.1 Å². The molecule has 3 nitrogen and oxygen atoms in total. The number of nitrogens with zero attached hydrogens (tertiary/aromatic N) is 2. The maximum Gasteiger partial charge on any atom is 0.0732 e. The Morgan fingerprint density at radius 3 is 2.47 bits per heavy atom. The van der Waals surface area contributed by atoms with Gasteiger partial charge in [-0.05, 0) is 6.07 Å². The van der Waals surface area contributed by atoms with Crippen LogP contribution < -0.4 is 5.73 Å². The number of hydrogen-bond acceptors (Lipinski definition) is 3. The van der Waals surface area contributed by atoms with Gasteiger partial charge in [-0.15, -0.1) is 0 Å². The molecule has 0 radical (unpaired) electrons. The largest absolute Gasteiger partial charge is 0.397 e. The maximum atomic E-state index is 6.06. The van der Waals surface area contributed by atoms with E-state index in [0.717, 1.165) is 11.1 Å². The molecule has 2 N–H and O–H groups in total. The lowest BCUT2D eigenvalue weighted by Crippen LogP contribution is -1.93. The first kappa shape index (κ1) is 10.2. The monoisotopic (exact) mass is 239 g/mol. The van der Waals surface area contributed by atoms with Gasteiger partial charge in [0.15, 0.2) is 0 Å². The van der Waals surface area contributed by atoms with Gasteiger partial charge < -0.3 is 5.73 Å². The Morgan fingerprint density at radius 2 is 1.73 bits per heavy atom. The molecular formula is C10H7Cl2N3. The number of hydrogen-bond donors (Lipinski definition) is 1. The molecule has 15 heavy (non-hydrogen) atoms. The number of nitrogens with two attached hydrogens (primary N) is 1. The minimum Gasteiger partial charge on any atom is -0.397 e. The van der Waals surface area contributed by atoms with Crippen molar-refractivity contribution in [2.24, 2.45) is 0 Å². The van der Waals surface area contributed by atoms with Gasteiger partial charge in [0, 0.05) is 11.1 Å². The van der Waals surface area contributed by atoms with E-state index < -0.39 is 0 Å². The van der Waals surface area contributed by atoms with Gasteiger partial charge in [-0.1, -0.05) is 35.3 Å².